The van der Waals surface area contributed by atoms with Crippen LogP contribution in [0.4, 0.5) is 0 Å². The van der Waals surface area contributed by atoms with E-state index in [-0.39, 0.29) is 35.6 Å². The number of hydroxylamine groups is 3. The standard InChI is InChI=1S/C27H40N6O4S/c28-27(29)32-13-7-8-21(19-32)18-30-26(34)17-24(20-33(35)14-5-1-2-6-15-33)31-38(36,37)25-12-11-22-9-3-4-10-23(22)16-25/h3-4,9-12,16,21,24,31H,1-2,5-8,13-15,17-20H2,(H3,28,29)(H,30,34)/t21?,24-/m0/s1. The number of nitrogens with one attached hydrogen (secondary N) is 3. The first-order valence-electron chi connectivity index (χ1n) is 13.6. The van der Waals surface area contributed by atoms with E-state index in [0.717, 1.165) is 55.8 Å². The van der Waals surface area contributed by atoms with Gasteiger partial charge in [0, 0.05) is 26.1 Å². The van der Waals surface area contributed by atoms with Crippen LogP contribution in [0.5, 0.6) is 0 Å². The number of benzene rings is 2. The van der Waals surface area contributed by atoms with Crippen molar-refractivity contribution < 1.29 is 17.9 Å². The highest BCUT2D eigenvalue weighted by Gasteiger charge is 2.30. The summed E-state index contributed by atoms with van der Waals surface area (Å²) >= 11 is 0. The van der Waals surface area contributed by atoms with E-state index in [1.165, 1.54) is 0 Å². The zero-order valence-electron chi connectivity index (χ0n) is 21.9. The third kappa shape index (κ3) is 7.66. The Morgan fingerprint density at radius 1 is 1.11 bits per heavy atom. The first-order chi connectivity index (χ1) is 18.1. The third-order valence-electron chi connectivity index (χ3n) is 7.67. The fourth-order valence-electron chi connectivity index (χ4n) is 5.62. The van der Waals surface area contributed by atoms with E-state index in [1.54, 1.807) is 23.1 Å². The minimum atomic E-state index is -3.96. The fraction of sp³-hybridized carbons (Fsp3) is 0.556. The second-order valence-electron chi connectivity index (χ2n) is 10.8. The molecule has 2 aliphatic heterocycles. The number of nitrogens with two attached hydrogens (primary N) is 1. The van der Waals surface area contributed by atoms with Gasteiger partial charge in [-0.05, 0) is 67.3 Å². The number of sulfonamides is 1. The van der Waals surface area contributed by atoms with E-state index in [1.807, 2.05) is 24.3 Å². The molecule has 5 N–H and O–H groups in total. The number of fused-ring (bicyclic) bond motifs is 1. The van der Waals surface area contributed by atoms with Crippen molar-refractivity contribution in [2.45, 2.75) is 55.9 Å². The highest BCUT2D eigenvalue weighted by molar-refractivity contribution is 7.89. The molecule has 2 heterocycles. The van der Waals surface area contributed by atoms with Gasteiger partial charge in [-0.1, -0.05) is 30.3 Å². The Balaban J connectivity index is 1.46. The van der Waals surface area contributed by atoms with Gasteiger partial charge in [-0.25, -0.2) is 13.1 Å². The van der Waals surface area contributed by atoms with E-state index in [2.05, 4.69) is 10.0 Å². The molecule has 0 saturated carbocycles. The molecule has 208 valence electrons. The normalized spacial score (nSPS) is 21.0. The quantitative estimate of drug-likeness (QED) is 0.165. The summed E-state index contributed by atoms with van der Waals surface area (Å²) in [4.78, 5) is 14.9. The van der Waals surface area contributed by atoms with Crippen molar-refractivity contribution in [2.24, 2.45) is 11.7 Å². The molecule has 38 heavy (non-hydrogen) atoms. The van der Waals surface area contributed by atoms with Crippen molar-refractivity contribution in [3.8, 4) is 0 Å². The van der Waals surface area contributed by atoms with Crippen LogP contribution in [-0.4, -0.2) is 75.1 Å². The molecular weight excluding hydrogens is 504 g/mol. The zero-order chi connectivity index (χ0) is 27.2. The van der Waals surface area contributed by atoms with Gasteiger partial charge in [-0.3, -0.25) is 10.2 Å². The van der Waals surface area contributed by atoms with Gasteiger partial charge in [0.1, 0.15) is 0 Å². The molecule has 0 spiro atoms. The summed E-state index contributed by atoms with van der Waals surface area (Å²) in [5, 5.41) is 25.9. The smallest absolute Gasteiger partial charge is 0.241 e. The molecule has 2 aliphatic rings. The molecule has 2 saturated heterocycles. The van der Waals surface area contributed by atoms with Crippen molar-refractivity contribution >= 4 is 32.7 Å². The topological polar surface area (TPSA) is 151 Å². The van der Waals surface area contributed by atoms with Crippen molar-refractivity contribution in [1.82, 2.24) is 14.9 Å². The Bertz CT molecular complexity index is 1230. The lowest BCUT2D eigenvalue weighted by Crippen LogP contribution is -2.54. The lowest BCUT2D eigenvalue weighted by atomic mass is 9.98. The number of nitrogens with zero attached hydrogens (tertiary/aromatic N) is 2. The minimum absolute atomic E-state index is 0.0156. The summed E-state index contributed by atoms with van der Waals surface area (Å²) in [5.74, 6) is -0.100. The van der Waals surface area contributed by atoms with E-state index >= 15 is 0 Å². The van der Waals surface area contributed by atoms with Crippen LogP contribution in [0.1, 0.15) is 44.9 Å². The van der Waals surface area contributed by atoms with Gasteiger partial charge in [-0.2, -0.15) is 0 Å². The maximum Gasteiger partial charge on any atom is 0.241 e. The molecule has 1 amide bonds. The predicted molar refractivity (Wildman–Crippen MR) is 149 cm³/mol. The van der Waals surface area contributed by atoms with Gasteiger partial charge in [0.05, 0.1) is 30.6 Å². The summed E-state index contributed by atoms with van der Waals surface area (Å²) in [6.45, 7) is 2.64. The van der Waals surface area contributed by atoms with Gasteiger partial charge in [0.15, 0.2) is 5.96 Å². The first kappa shape index (κ1) is 28.3. The van der Waals surface area contributed by atoms with Crippen LogP contribution in [0.15, 0.2) is 47.4 Å². The number of hydrogen-bond acceptors (Lipinski definition) is 5. The average Bonchev–Trinajstić information content (AvgIpc) is 3.11. The number of quaternary nitrogens is 1. The number of carbonyl (C=O) groups is 1. The maximum atomic E-state index is 13.6. The van der Waals surface area contributed by atoms with Crippen molar-refractivity contribution in [2.75, 3.05) is 39.3 Å². The molecule has 0 aromatic heterocycles. The van der Waals surface area contributed by atoms with Gasteiger partial charge < -0.3 is 25.8 Å². The number of carbonyl (C=O) groups excluding carboxylic acids is 1. The molecule has 4 rings (SSSR count). The van der Waals surface area contributed by atoms with Crippen molar-refractivity contribution in [3.63, 3.8) is 0 Å². The summed E-state index contributed by atoms with van der Waals surface area (Å²) in [7, 11) is -3.96. The van der Waals surface area contributed by atoms with Crippen LogP contribution < -0.4 is 15.8 Å². The van der Waals surface area contributed by atoms with Crippen LogP contribution >= 0.6 is 0 Å². The van der Waals surface area contributed by atoms with Crippen LogP contribution in [-0.2, 0) is 14.8 Å². The van der Waals surface area contributed by atoms with Gasteiger partial charge in [-0.15, -0.1) is 0 Å². The molecule has 0 radical (unpaired) electrons. The number of piperidine rings is 1. The Kier molecular flexibility index (Phi) is 9.24. The molecule has 2 aromatic carbocycles. The van der Waals surface area contributed by atoms with Crippen LogP contribution in [0.2, 0.25) is 0 Å². The lowest BCUT2D eigenvalue weighted by Gasteiger charge is -2.44. The minimum Gasteiger partial charge on any atom is -0.633 e. The number of rotatable bonds is 9. The van der Waals surface area contributed by atoms with Gasteiger partial charge in [0.25, 0.3) is 0 Å². The average molecular weight is 545 g/mol. The third-order valence-corrected chi connectivity index (χ3v) is 9.18. The second-order valence-corrected chi connectivity index (χ2v) is 12.5. The molecule has 1 unspecified atom stereocenters. The summed E-state index contributed by atoms with van der Waals surface area (Å²) in [6, 6.07) is 11.6. The maximum absolute atomic E-state index is 13.6. The number of hydrogen-bond donors (Lipinski definition) is 4. The van der Waals surface area contributed by atoms with Crippen LogP contribution in [0.25, 0.3) is 10.8 Å². The van der Waals surface area contributed by atoms with Gasteiger partial charge >= 0.3 is 0 Å². The molecule has 11 heteroatoms. The molecular formula is C27H40N6O4S. The van der Waals surface area contributed by atoms with Crippen LogP contribution in [0, 0.1) is 16.5 Å². The summed E-state index contributed by atoms with van der Waals surface area (Å²) < 4.78 is 29.0. The second kappa shape index (κ2) is 12.4. The van der Waals surface area contributed by atoms with Crippen LogP contribution in [0.3, 0.4) is 0 Å². The SMILES string of the molecule is N=C(N)N1CCCC(CNC(=O)C[C@@H](C[N+]2([O-])CCCCCC2)NS(=O)(=O)c2ccc3ccccc3c2)C1. The predicted octanol–water partition coefficient (Wildman–Crippen LogP) is 2.49. The van der Waals surface area contributed by atoms with E-state index in [9.17, 15) is 18.4 Å². The Morgan fingerprint density at radius 3 is 2.53 bits per heavy atom. The monoisotopic (exact) mass is 544 g/mol. The molecule has 0 aliphatic carbocycles. The number of guanidine groups is 1. The first-order valence-corrected chi connectivity index (χ1v) is 15.1. The molecule has 2 aromatic rings. The van der Waals surface area contributed by atoms with E-state index in [4.69, 9.17) is 11.1 Å². The molecule has 10 nitrogen and oxygen atoms in total. The molecule has 0 bridgehead atoms. The zero-order valence-corrected chi connectivity index (χ0v) is 22.7. The van der Waals surface area contributed by atoms with E-state index in [0.29, 0.717) is 26.2 Å². The Morgan fingerprint density at radius 2 is 1.82 bits per heavy atom. The fourth-order valence-corrected chi connectivity index (χ4v) is 6.88. The summed E-state index contributed by atoms with van der Waals surface area (Å²) in [6.07, 6.45) is 5.29. The Hall–Kier alpha value is -2.73. The van der Waals surface area contributed by atoms with Crippen molar-refractivity contribution in [1.29, 1.82) is 5.41 Å². The molecule has 2 fully saturated rings. The highest BCUT2D eigenvalue weighted by Crippen LogP contribution is 2.22. The largest absolute Gasteiger partial charge is 0.633 e. The summed E-state index contributed by atoms with van der Waals surface area (Å²) in [5.41, 5.74) is 5.63. The highest BCUT2D eigenvalue weighted by atomic mass is 32.2. The van der Waals surface area contributed by atoms with Gasteiger partial charge in [0.2, 0.25) is 15.9 Å². The number of amides is 1. The Labute approximate surface area is 225 Å². The lowest BCUT2D eigenvalue weighted by molar-refractivity contribution is -0.880. The van der Waals surface area contributed by atoms with E-state index < -0.39 is 20.7 Å². The number of likely N-dealkylation sites (tertiary alicyclic amines) is 2. The van der Waals surface area contributed by atoms with Crippen molar-refractivity contribution in [3.05, 3.63) is 47.7 Å². The molecule has 2 atom stereocenters.